The zero-order valence-corrected chi connectivity index (χ0v) is 13.8. The monoisotopic (exact) mass is 382 g/mol. The predicted octanol–water partition coefficient (Wildman–Crippen LogP) is 2.58. The van der Waals surface area contributed by atoms with Gasteiger partial charge in [-0.25, -0.2) is 22.5 Å². The number of halogens is 4. The van der Waals surface area contributed by atoms with Crippen molar-refractivity contribution in [3.8, 4) is 0 Å². The van der Waals surface area contributed by atoms with Gasteiger partial charge in [0.2, 0.25) is 5.95 Å². The first-order valence-corrected chi connectivity index (χ1v) is 7.77. The van der Waals surface area contributed by atoms with Crippen LogP contribution >= 0.6 is 0 Å². The fraction of sp³-hybridized carbons (Fsp3) is 0.188. The molecule has 0 saturated carbocycles. The maximum absolute atomic E-state index is 13.9. The number of benzene rings is 1. The molecule has 11 heteroatoms. The van der Waals surface area contributed by atoms with E-state index < -0.39 is 35.4 Å². The lowest BCUT2D eigenvalue weighted by molar-refractivity contribution is 0.269. The van der Waals surface area contributed by atoms with E-state index in [1.54, 1.807) is 6.20 Å². The molecule has 0 fully saturated rings. The van der Waals surface area contributed by atoms with Gasteiger partial charge in [0.1, 0.15) is 5.82 Å². The van der Waals surface area contributed by atoms with E-state index in [9.17, 15) is 17.6 Å². The van der Waals surface area contributed by atoms with Crippen molar-refractivity contribution < 1.29 is 22.7 Å². The van der Waals surface area contributed by atoms with E-state index in [1.165, 1.54) is 10.9 Å². The van der Waals surface area contributed by atoms with Gasteiger partial charge in [-0.2, -0.15) is 10.1 Å². The standard InChI is InChI=1S/C16H14F4N6O/c17-11-1-2-12(18)14(20)10(11)6-21-15-13(19)7-22-16(25-15)24-9-5-23-26(8-9)3-4-27/h1-2,5,7-8,27H,3-4,6H2,(H2,21,22,24,25). The number of aliphatic hydroxyl groups excluding tert-OH is 1. The number of anilines is 3. The largest absolute Gasteiger partial charge is 0.394 e. The number of hydrogen-bond donors (Lipinski definition) is 3. The van der Waals surface area contributed by atoms with Gasteiger partial charge in [0.05, 0.1) is 31.2 Å². The highest BCUT2D eigenvalue weighted by Crippen LogP contribution is 2.20. The van der Waals surface area contributed by atoms with Crippen LogP contribution in [0.4, 0.5) is 35.0 Å². The number of rotatable bonds is 7. The number of nitrogens with one attached hydrogen (secondary N) is 2. The van der Waals surface area contributed by atoms with Crippen molar-refractivity contribution in [1.29, 1.82) is 0 Å². The molecule has 0 aliphatic heterocycles. The molecule has 0 radical (unpaired) electrons. The van der Waals surface area contributed by atoms with E-state index in [-0.39, 0.29) is 18.4 Å². The smallest absolute Gasteiger partial charge is 0.229 e. The number of hydrogen-bond acceptors (Lipinski definition) is 6. The summed E-state index contributed by atoms with van der Waals surface area (Å²) in [5, 5.41) is 18.0. The van der Waals surface area contributed by atoms with Crippen LogP contribution in [0.2, 0.25) is 0 Å². The minimum Gasteiger partial charge on any atom is -0.394 e. The normalized spacial score (nSPS) is 10.9. The maximum atomic E-state index is 13.9. The van der Waals surface area contributed by atoms with Gasteiger partial charge >= 0.3 is 0 Å². The second-order valence-corrected chi connectivity index (χ2v) is 5.41. The Morgan fingerprint density at radius 1 is 1.04 bits per heavy atom. The molecule has 0 bridgehead atoms. The average Bonchev–Trinajstić information content (AvgIpc) is 3.08. The summed E-state index contributed by atoms with van der Waals surface area (Å²) in [5.41, 5.74) is -0.0870. The Hall–Kier alpha value is -3.21. The Morgan fingerprint density at radius 3 is 2.59 bits per heavy atom. The van der Waals surface area contributed by atoms with Gasteiger partial charge in [-0.15, -0.1) is 0 Å². The van der Waals surface area contributed by atoms with Crippen LogP contribution in [-0.4, -0.2) is 31.5 Å². The van der Waals surface area contributed by atoms with Crippen LogP contribution in [0.15, 0.2) is 30.7 Å². The second-order valence-electron chi connectivity index (χ2n) is 5.41. The van der Waals surface area contributed by atoms with E-state index in [0.29, 0.717) is 18.3 Å². The van der Waals surface area contributed by atoms with Crippen molar-refractivity contribution in [2.75, 3.05) is 17.2 Å². The van der Waals surface area contributed by atoms with Crippen molar-refractivity contribution in [2.45, 2.75) is 13.1 Å². The molecule has 0 amide bonds. The van der Waals surface area contributed by atoms with Crippen LogP contribution in [-0.2, 0) is 13.1 Å². The maximum Gasteiger partial charge on any atom is 0.229 e. The fourth-order valence-corrected chi connectivity index (χ4v) is 2.24. The molecule has 2 heterocycles. The first kappa shape index (κ1) is 18.6. The summed E-state index contributed by atoms with van der Waals surface area (Å²) in [6.07, 6.45) is 3.90. The van der Waals surface area contributed by atoms with Crippen molar-refractivity contribution in [1.82, 2.24) is 19.7 Å². The lowest BCUT2D eigenvalue weighted by atomic mass is 10.2. The third-order valence-electron chi connectivity index (χ3n) is 3.53. The zero-order valence-electron chi connectivity index (χ0n) is 13.8. The van der Waals surface area contributed by atoms with Gasteiger partial charge in [-0.3, -0.25) is 4.68 Å². The molecule has 0 aliphatic rings. The summed E-state index contributed by atoms with van der Waals surface area (Å²) >= 11 is 0. The zero-order chi connectivity index (χ0) is 19.4. The lowest BCUT2D eigenvalue weighted by Gasteiger charge is -2.10. The molecule has 3 rings (SSSR count). The van der Waals surface area contributed by atoms with Crippen LogP contribution in [0.25, 0.3) is 0 Å². The summed E-state index contributed by atoms with van der Waals surface area (Å²) in [6, 6.07) is 1.45. The van der Waals surface area contributed by atoms with E-state index in [4.69, 9.17) is 5.11 Å². The third kappa shape index (κ3) is 4.31. The molecular weight excluding hydrogens is 368 g/mol. The van der Waals surface area contributed by atoms with Gasteiger partial charge in [0.25, 0.3) is 0 Å². The first-order valence-electron chi connectivity index (χ1n) is 7.77. The molecule has 0 spiro atoms. The highest BCUT2D eigenvalue weighted by atomic mass is 19.2. The number of nitrogens with zero attached hydrogens (tertiary/aromatic N) is 4. The van der Waals surface area contributed by atoms with Crippen LogP contribution in [0.3, 0.4) is 0 Å². The van der Waals surface area contributed by atoms with Crippen LogP contribution in [0, 0.1) is 23.3 Å². The van der Waals surface area contributed by atoms with Crippen molar-refractivity contribution in [3.05, 3.63) is 59.6 Å². The molecule has 3 aromatic rings. The van der Waals surface area contributed by atoms with Gasteiger partial charge in [-0.1, -0.05) is 0 Å². The SMILES string of the molecule is OCCn1cc(Nc2ncc(F)c(NCc3c(F)ccc(F)c3F)n2)cn1. The van der Waals surface area contributed by atoms with E-state index in [2.05, 4.69) is 25.7 Å². The van der Waals surface area contributed by atoms with Crippen LogP contribution in [0.5, 0.6) is 0 Å². The third-order valence-corrected chi connectivity index (χ3v) is 3.53. The van der Waals surface area contributed by atoms with Gasteiger partial charge in [-0.05, 0) is 12.1 Å². The summed E-state index contributed by atoms with van der Waals surface area (Å²) in [4.78, 5) is 7.65. The molecule has 0 atom stereocenters. The first-order chi connectivity index (χ1) is 13.0. The summed E-state index contributed by atoms with van der Waals surface area (Å²) in [7, 11) is 0. The molecule has 0 aliphatic carbocycles. The van der Waals surface area contributed by atoms with Crippen molar-refractivity contribution in [2.24, 2.45) is 0 Å². The van der Waals surface area contributed by atoms with Crippen molar-refractivity contribution in [3.63, 3.8) is 0 Å². The molecule has 27 heavy (non-hydrogen) atoms. The molecule has 2 aromatic heterocycles. The van der Waals surface area contributed by atoms with E-state index in [1.807, 2.05) is 0 Å². The fourth-order valence-electron chi connectivity index (χ4n) is 2.24. The molecular formula is C16H14F4N6O. The highest BCUT2D eigenvalue weighted by Gasteiger charge is 2.15. The van der Waals surface area contributed by atoms with E-state index in [0.717, 1.165) is 12.3 Å². The minimum absolute atomic E-state index is 0.00244. The van der Waals surface area contributed by atoms with Crippen LogP contribution < -0.4 is 10.6 Å². The molecule has 0 unspecified atom stereocenters. The average molecular weight is 382 g/mol. The second kappa shape index (κ2) is 7.99. The molecule has 3 N–H and O–H groups in total. The van der Waals surface area contributed by atoms with Gasteiger partial charge in [0.15, 0.2) is 23.3 Å². The Balaban J connectivity index is 1.74. The molecule has 142 valence electrons. The number of aliphatic hydroxyl groups is 1. The summed E-state index contributed by atoms with van der Waals surface area (Å²) in [6.45, 7) is -0.309. The Kier molecular flexibility index (Phi) is 5.50. The summed E-state index contributed by atoms with van der Waals surface area (Å²) < 4.78 is 55.9. The number of aromatic nitrogens is 4. The Labute approximate surface area is 150 Å². The quantitative estimate of drug-likeness (QED) is 0.430. The molecule has 7 nitrogen and oxygen atoms in total. The highest BCUT2D eigenvalue weighted by molar-refractivity contribution is 5.52. The van der Waals surface area contributed by atoms with Gasteiger partial charge < -0.3 is 15.7 Å². The molecule has 1 aromatic carbocycles. The Bertz CT molecular complexity index is 949. The minimum atomic E-state index is -1.35. The van der Waals surface area contributed by atoms with Crippen LogP contribution in [0.1, 0.15) is 5.56 Å². The predicted molar refractivity (Wildman–Crippen MR) is 88.2 cm³/mol. The topological polar surface area (TPSA) is 87.9 Å². The molecule has 0 saturated heterocycles. The van der Waals surface area contributed by atoms with E-state index >= 15 is 0 Å². The summed E-state index contributed by atoms with van der Waals surface area (Å²) in [5.74, 6) is -4.70. The van der Waals surface area contributed by atoms with Crippen molar-refractivity contribution >= 4 is 17.5 Å². The van der Waals surface area contributed by atoms with Gasteiger partial charge in [0, 0.05) is 18.3 Å². The lowest BCUT2D eigenvalue weighted by Crippen LogP contribution is -2.10. The Morgan fingerprint density at radius 2 is 1.81 bits per heavy atom.